The van der Waals surface area contributed by atoms with Gasteiger partial charge in [0.15, 0.2) is 0 Å². The maximum Gasteiger partial charge on any atom is 0.256 e. The lowest BCUT2D eigenvalue weighted by Crippen LogP contribution is -2.36. The van der Waals surface area contributed by atoms with E-state index in [4.69, 9.17) is 21.1 Å². The Kier molecular flexibility index (Phi) is 6.90. The topological polar surface area (TPSA) is 54.0 Å². The SMILES string of the molecule is Cc1c(NC(=O)c2cc(F)cc(N3CCOCC3)c2)sc(CN2CCOCC2)c1Cl. The molecule has 0 atom stereocenters. The van der Waals surface area contributed by atoms with Crippen LogP contribution in [0, 0.1) is 12.7 Å². The molecule has 2 aliphatic heterocycles. The van der Waals surface area contributed by atoms with Gasteiger partial charge in [0.05, 0.1) is 36.5 Å². The Labute approximate surface area is 184 Å². The third-order valence-electron chi connectivity index (χ3n) is 5.36. The highest BCUT2D eigenvalue weighted by atomic mass is 35.5. The van der Waals surface area contributed by atoms with Crippen molar-refractivity contribution in [1.82, 2.24) is 4.90 Å². The first-order valence-electron chi connectivity index (χ1n) is 10.0. The van der Waals surface area contributed by atoms with Crippen LogP contribution >= 0.6 is 22.9 Å². The van der Waals surface area contributed by atoms with Gasteiger partial charge < -0.3 is 19.7 Å². The van der Waals surface area contributed by atoms with Gasteiger partial charge in [-0.3, -0.25) is 9.69 Å². The van der Waals surface area contributed by atoms with Crippen LogP contribution in [0.1, 0.15) is 20.8 Å². The highest BCUT2D eigenvalue weighted by Crippen LogP contribution is 2.37. The second-order valence-corrected chi connectivity index (χ2v) is 8.92. The average molecular weight is 454 g/mol. The largest absolute Gasteiger partial charge is 0.379 e. The Morgan fingerprint density at radius 1 is 1.13 bits per heavy atom. The van der Waals surface area contributed by atoms with Gasteiger partial charge >= 0.3 is 0 Å². The van der Waals surface area contributed by atoms with E-state index in [0.29, 0.717) is 42.0 Å². The average Bonchev–Trinajstić information content (AvgIpc) is 3.02. The molecule has 6 nitrogen and oxygen atoms in total. The predicted molar refractivity (Wildman–Crippen MR) is 118 cm³/mol. The Morgan fingerprint density at radius 2 is 1.80 bits per heavy atom. The molecule has 0 aliphatic carbocycles. The van der Waals surface area contributed by atoms with Crippen LogP contribution in [0.5, 0.6) is 0 Å². The third kappa shape index (κ3) is 4.95. The van der Waals surface area contributed by atoms with E-state index in [9.17, 15) is 9.18 Å². The number of halogens is 2. The Balaban J connectivity index is 1.49. The molecule has 0 bridgehead atoms. The van der Waals surface area contributed by atoms with E-state index in [1.807, 2.05) is 11.8 Å². The number of nitrogens with one attached hydrogen (secondary N) is 1. The van der Waals surface area contributed by atoms with Crippen LogP contribution in [-0.4, -0.2) is 63.4 Å². The fraction of sp³-hybridized carbons (Fsp3) is 0.476. The number of hydrogen-bond donors (Lipinski definition) is 1. The molecule has 2 fully saturated rings. The third-order valence-corrected chi connectivity index (χ3v) is 7.17. The molecule has 1 aromatic heterocycles. The van der Waals surface area contributed by atoms with Crippen molar-refractivity contribution in [1.29, 1.82) is 0 Å². The first-order valence-corrected chi connectivity index (χ1v) is 11.2. The summed E-state index contributed by atoms with van der Waals surface area (Å²) in [5.41, 5.74) is 1.82. The van der Waals surface area contributed by atoms with Crippen molar-refractivity contribution >= 4 is 39.5 Å². The van der Waals surface area contributed by atoms with Gasteiger partial charge in [0.2, 0.25) is 0 Å². The number of anilines is 2. The van der Waals surface area contributed by atoms with E-state index >= 15 is 0 Å². The van der Waals surface area contributed by atoms with Crippen LogP contribution in [0.15, 0.2) is 18.2 Å². The maximum absolute atomic E-state index is 14.2. The summed E-state index contributed by atoms with van der Waals surface area (Å²) in [6, 6.07) is 4.44. The summed E-state index contributed by atoms with van der Waals surface area (Å²) in [4.78, 5) is 18.2. The van der Waals surface area contributed by atoms with Crippen molar-refractivity contribution in [2.75, 3.05) is 62.8 Å². The fourth-order valence-corrected chi connectivity index (χ4v) is 5.08. The van der Waals surface area contributed by atoms with Gasteiger partial charge in [0.25, 0.3) is 5.91 Å². The van der Waals surface area contributed by atoms with Crippen molar-refractivity contribution in [3.63, 3.8) is 0 Å². The summed E-state index contributed by atoms with van der Waals surface area (Å²) in [5.74, 6) is -0.777. The Morgan fingerprint density at radius 3 is 2.50 bits per heavy atom. The van der Waals surface area contributed by atoms with E-state index in [1.54, 1.807) is 6.07 Å². The summed E-state index contributed by atoms with van der Waals surface area (Å²) in [5, 5.41) is 4.30. The molecule has 30 heavy (non-hydrogen) atoms. The zero-order valence-corrected chi connectivity index (χ0v) is 18.5. The van der Waals surface area contributed by atoms with Crippen molar-refractivity contribution in [3.05, 3.63) is 45.0 Å². The summed E-state index contributed by atoms with van der Waals surface area (Å²) in [6.07, 6.45) is 0. The molecular weight excluding hydrogens is 429 g/mol. The van der Waals surface area contributed by atoms with Gasteiger partial charge in [-0.1, -0.05) is 11.6 Å². The number of morpholine rings is 2. The van der Waals surface area contributed by atoms with E-state index in [-0.39, 0.29) is 11.5 Å². The minimum absolute atomic E-state index is 0.287. The molecule has 3 heterocycles. The van der Waals surface area contributed by atoms with Crippen LogP contribution in [0.4, 0.5) is 15.1 Å². The fourth-order valence-electron chi connectivity index (χ4n) is 3.62. The second kappa shape index (κ2) is 9.62. The molecule has 2 saturated heterocycles. The molecule has 0 radical (unpaired) electrons. The van der Waals surface area contributed by atoms with Crippen LogP contribution in [0.3, 0.4) is 0 Å². The van der Waals surface area contributed by atoms with Gasteiger partial charge in [-0.2, -0.15) is 0 Å². The van der Waals surface area contributed by atoms with E-state index < -0.39 is 5.82 Å². The van der Waals surface area contributed by atoms with Crippen LogP contribution in [-0.2, 0) is 16.0 Å². The zero-order valence-electron chi connectivity index (χ0n) is 16.9. The lowest BCUT2D eigenvalue weighted by Gasteiger charge is -2.29. The molecule has 9 heteroatoms. The number of carbonyl (C=O) groups is 1. The van der Waals surface area contributed by atoms with Crippen LogP contribution in [0.25, 0.3) is 0 Å². The normalized spacial score (nSPS) is 17.9. The number of benzene rings is 1. The van der Waals surface area contributed by atoms with Crippen molar-refractivity contribution in [3.8, 4) is 0 Å². The maximum atomic E-state index is 14.2. The van der Waals surface area contributed by atoms with E-state index in [1.165, 1.54) is 23.5 Å². The van der Waals surface area contributed by atoms with E-state index in [2.05, 4.69) is 10.2 Å². The number of nitrogens with zero attached hydrogens (tertiary/aromatic N) is 2. The van der Waals surface area contributed by atoms with Crippen LogP contribution in [0.2, 0.25) is 5.02 Å². The summed E-state index contributed by atoms with van der Waals surface area (Å²) >= 11 is 8.01. The molecule has 1 amide bonds. The number of hydrogen-bond acceptors (Lipinski definition) is 6. The van der Waals surface area contributed by atoms with Crippen LogP contribution < -0.4 is 10.2 Å². The Hall–Kier alpha value is -1.71. The molecule has 162 valence electrons. The number of ether oxygens (including phenoxy) is 2. The zero-order chi connectivity index (χ0) is 21.1. The summed E-state index contributed by atoms with van der Waals surface area (Å²) in [7, 11) is 0. The predicted octanol–water partition coefficient (Wildman–Crippen LogP) is 3.77. The van der Waals surface area contributed by atoms with Gasteiger partial charge in [-0.25, -0.2) is 4.39 Å². The first kappa shape index (κ1) is 21.5. The number of thiophene rings is 1. The summed E-state index contributed by atoms with van der Waals surface area (Å²) < 4.78 is 25.0. The molecule has 0 saturated carbocycles. The molecule has 0 unspecified atom stereocenters. The second-order valence-electron chi connectivity index (χ2n) is 7.43. The molecule has 2 aliphatic rings. The lowest BCUT2D eigenvalue weighted by molar-refractivity contribution is 0.0346. The summed E-state index contributed by atoms with van der Waals surface area (Å²) in [6.45, 7) is 8.32. The minimum atomic E-state index is -0.432. The van der Waals surface area contributed by atoms with Gasteiger partial charge in [-0.15, -0.1) is 11.3 Å². The van der Waals surface area contributed by atoms with Gasteiger partial charge in [0.1, 0.15) is 5.82 Å². The standard InChI is InChI=1S/C21H25ClFN3O3S/c1-14-19(22)18(13-25-2-6-28-7-3-25)30-21(14)24-20(27)15-10-16(23)12-17(11-15)26-4-8-29-9-5-26/h10-12H,2-9,13H2,1H3,(H,24,27). The van der Waals surface area contributed by atoms with Crippen molar-refractivity contribution in [2.45, 2.75) is 13.5 Å². The van der Waals surface area contributed by atoms with Crippen molar-refractivity contribution in [2.24, 2.45) is 0 Å². The monoisotopic (exact) mass is 453 g/mol. The smallest absolute Gasteiger partial charge is 0.256 e. The van der Waals surface area contributed by atoms with Crippen molar-refractivity contribution < 1.29 is 18.7 Å². The highest BCUT2D eigenvalue weighted by molar-refractivity contribution is 7.17. The number of rotatable bonds is 5. The number of amides is 1. The Bertz CT molecular complexity index is 911. The molecular formula is C21H25ClFN3O3S. The molecule has 1 aromatic carbocycles. The molecule has 1 N–H and O–H groups in total. The highest BCUT2D eigenvalue weighted by Gasteiger charge is 2.21. The number of carbonyl (C=O) groups excluding carboxylic acids is 1. The lowest BCUT2D eigenvalue weighted by atomic mass is 10.1. The molecule has 4 rings (SSSR count). The van der Waals surface area contributed by atoms with Gasteiger partial charge in [-0.05, 0) is 25.1 Å². The minimum Gasteiger partial charge on any atom is -0.379 e. The molecule has 2 aromatic rings. The van der Waals surface area contributed by atoms with Gasteiger partial charge in [0, 0.05) is 54.4 Å². The quantitative estimate of drug-likeness (QED) is 0.746. The first-order chi connectivity index (χ1) is 14.5. The molecule has 0 spiro atoms. The van der Waals surface area contributed by atoms with E-state index in [0.717, 1.165) is 43.3 Å².